The van der Waals surface area contributed by atoms with Crippen LogP contribution in [-0.4, -0.2) is 17.4 Å². The minimum atomic E-state index is -0.356. The number of pyridine rings is 1. The van der Waals surface area contributed by atoms with Gasteiger partial charge in [-0.15, -0.1) is 0 Å². The topological polar surface area (TPSA) is 68.0 Å². The molecule has 0 radical (unpaired) electrons. The van der Waals surface area contributed by atoms with E-state index in [1.165, 1.54) is 36.5 Å². The fourth-order valence-corrected chi connectivity index (χ4v) is 2.99. The molecule has 138 valence electrons. The molecular weight excluding hydrogens is 348 g/mol. The molecule has 0 bridgehead atoms. The van der Waals surface area contributed by atoms with E-state index in [1.807, 2.05) is 0 Å². The van der Waals surface area contributed by atoms with E-state index in [0.29, 0.717) is 18.5 Å². The average Bonchev–Trinajstić information content (AvgIpc) is 2.65. The number of hydrogen-bond donors (Lipinski definition) is 2. The highest BCUT2D eigenvalue weighted by Crippen LogP contribution is 2.28. The zero-order valence-electron chi connectivity index (χ0n) is 14.5. The van der Waals surface area contributed by atoms with Gasteiger partial charge in [-0.1, -0.05) is 24.3 Å². The first-order chi connectivity index (χ1) is 13.0. The van der Waals surface area contributed by atoms with Gasteiger partial charge in [-0.2, -0.15) is 0 Å². The Morgan fingerprint density at radius 3 is 2.19 bits per heavy atom. The molecule has 0 aliphatic heterocycles. The molecule has 0 saturated heterocycles. The molecule has 27 heavy (non-hydrogen) atoms. The minimum Gasteiger partial charge on any atom is -0.384 e. The highest BCUT2D eigenvalue weighted by Gasteiger charge is 2.16. The van der Waals surface area contributed by atoms with Crippen molar-refractivity contribution in [3.05, 3.63) is 95.2 Å². The molecule has 3 N–H and O–H groups in total. The molecule has 0 spiro atoms. The van der Waals surface area contributed by atoms with E-state index in [2.05, 4.69) is 10.3 Å². The van der Waals surface area contributed by atoms with Crippen molar-refractivity contribution >= 4 is 11.7 Å². The Balaban J connectivity index is 1.75. The van der Waals surface area contributed by atoms with Crippen LogP contribution in [0.4, 0.5) is 14.6 Å². The summed E-state index contributed by atoms with van der Waals surface area (Å²) in [4.78, 5) is 16.1. The van der Waals surface area contributed by atoms with Crippen LogP contribution in [0.25, 0.3) is 0 Å². The van der Waals surface area contributed by atoms with Gasteiger partial charge in [-0.3, -0.25) is 4.79 Å². The quantitative estimate of drug-likeness (QED) is 0.694. The predicted molar refractivity (Wildman–Crippen MR) is 100 cm³/mol. The normalized spacial score (nSPS) is 10.8. The Morgan fingerprint density at radius 2 is 1.63 bits per heavy atom. The molecule has 1 aromatic heterocycles. The monoisotopic (exact) mass is 367 g/mol. The van der Waals surface area contributed by atoms with Gasteiger partial charge in [0.2, 0.25) is 0 Å². The molecule has 0 unspecified atom stereocenters. The number of nitrogen functional groups attached to an aromatic ring is 1. The molecule has 6 heteroatoms. The van der Waals surface area contributed by atoms with Crippen LogP contribution in [0.1, 0.15) is 33.8 Å². The summed E-state index contributed by atoms with van der Waals surface area (Å²) < 4.78 is 27.3. The summed E-state index contributed by atoms with van der Waals surface area (Å²) in [5.74, 6) is -0.976. The number of nitrogens with two attached hydrogens (primary N) is 1. The minimum absolute atomic E-state index is 0.251. The van der Waals surface area contributed by atoms with Crippen LogP contribution < -0.4 is 11.1 Å². The Kier molecular flexibility index (Phi) is 5.76. The summed E-state index contributed by atoms with van der Waals surface area (Å²) in [6.07, 6.45) is 1.95. The number of nitrogens with zero attached hydrogens (tertiary/aromatic N) is 1. The van der Waals surface area contributed by atoms with Crippen molar-refractivity contribution in [2.75, 3.05) is 12.3 Å². The maximum atomic E-state index is 13.7. The van der Waals surface area contributed by atoms with E-state index in [4.69, 9.17) is 5.73 Å². The molecule has 0 atom stereocenters. The highest BCUT2D eigenvalue weighted by atomic mass is 19.1. The number of carbonyl (C=O) groups is 1. The number of benzene rings is 2. The summed E-state index contributed by atoms with van der Waals surface area (Å²) in [7, 11) is 0. The third-order valence-corrected chi connectivity index (χ3v) is 4.26. The van der Waals surface area contributed by atoms with Crippen LogP contribution in [0.3, 0.4) is 0 Å². The Bertz CT molecular complexity index is 900. The lowest BCUT2D eigenvalue weighted by Crippen LogP contribution is -2.26. The molecule has 0 saturated carbocycles. The lowest BCUT2D eigenvalue weighted by molar-refractivity contribution is 0.0952. The zero-order chi connectivity index (χ0) is 19.2. The predicted octanol–water partition coefficient (Wildman–Crippen LogP) is 3.89. The van der Waals surface area contributed by atoms with E-state index >= 15 is 0 Å². The van der Waals surface area contributed by atoms with Crippen molar-refractivity contribution in [2.45, 2.75) is 12.3 Å². The first-order valence-corrected chi connectivity index (χ1v) is 8.53. The van der Waals surface area contributed by atoms with Crippen molar-refractivity contribution in [2.24, 2.45) is 0 Å². The number of anilines is 1. The Hall–Kier alpha value is -3.28. The van der Waals surface area contributed by atoms with Gasteiger partial charge in [0.25, 0.3) is 5.91 Å². The SMILES string of the molecule is Nc1cc(C(=O)NCCC(c2cccc(F)c2)c2cccc(F)c2)ccn1. The molecule has 2 aromatic carbocycles. The second kappa shape index (κ2) is 8.40. The van der Waals surface area contributed by atoms with Crippen molar-refractivity contribution in [3.63, 3.8) is 0 Å². The van der Waals surface area contributed by atoms with Gasteiger partial charge in [0.15, 0.2) is 0 Å². The van der Waals surface area contributed by atoms with Gasteiger partial charge >= 0.3 is 0 Å². The molecule has 1 amide bonds. The van der Waals surface area contributed by atoms with E-state index < -0.39 is 0 Å². The summed E-state index contributed by atoms with van der Waals surface area (Å²) in [6.45, 7) is 0.332. The fraction of sp³-hybridized carbons (Fsp3) is 0.143. The molecule has 0 fully saturated rings. The van der Waals surface area contributed by atoms with Crippen LogP contribution in [0, 0.1) is 11.6 Å². The molecule has 3 rings (SSSR count). The van der Waals surface area contributed by atoms with Gasteiger partial charge in [-0.05, 0) is 53.9 Å². The Morgan fingerprint density at radius 1 is 1.00 bits per heavy atom. The smallest absolute Gasteiger partial charge is 0.251 e. The van der Waals surface area contributed by atoms with Crippen LogP contribution in [0.15, 0.2) is 66.9 Å². The molecule has 3 aromatic rings. The fourth-order valence-electron chi connectivity index (χ4n) is 2.99. The first kappa shape index (κ1) is 18.5. The number of nitrogens with one attached hydrogen (secondary N) is 1. The number of aromatic nitrogens is 1. The maximum Gasteiger partial charge on any atom is 0.251 e. The molecule has 4 nitrogen and oxygen atoms in total. The number of rotatable bonds is 6. The highest BCUT2D eigenvalue weighted by molar-refractivity contribution is 5.94. The number of hydrogen-bond acceptors (Lipinski definition) is 3. The third kappa shape index (κ3) is 4.88. The number of amides is 1. The lowest BCUT2D eigenvalue weighted by Gasteiger charge is -2.19. The van der Waals surface area contributed by atoms with Gasteiger partial charge < -0.3 is 11.1 Å². The maximum absolute atomic E-state index is 13.7. The van der Waals surface area contributed by atoms with Crippen LogP contribution in [0.2, 0.25) is 0 Å². The van der Waals surface area contributed by atoms with Gasteiger partial charge in [0.1, 0.15) is 17.5 Å². The van der Waals surface area contributed by atoms with Crippen molar-refractivity contribution < 1.29 is 13.6 Å². The average molecular weight is 367 g/mol. The number of halogens is 2. The zero-order valence-corrected chi connectivity index (χ0v) is 14.5. The summed E-state index contributed by atoms with van der Waals surface area (Å²) >= 11 is 0. The van der Waals surface area contributed by atoms with Crippen molar-refractivity contribution in [1.82, 2.24) is 10.3 Å². The standard InChI is InChI=1S/C21H19F2N3O/c22-17-5-1-3-14(11-17)19(15-4-2-6-18(23)12-15)8-10-26-21(27)16-7-9-25-20(24)13-16/h1-7,9,11-13,19H,8,10H2,(H2,24,25)(H,26,27). The second-order valence-electron chi connectivity index (χ2n) is 6.18. The van der Waals surface area contributed by atoms with Crippen LogP contribution >= 0.6 is 0 Å². The van der Waals surface area contributed by atoms with Crippen LogP contribution in [-0.2, 0) is 0 Å². The van der Waals surface area contributed by atoms with Gasteiger partial charge in [0.05, 0.1) is 0 Å². The van der Waals surface area contributed by atoms with Crippen molar-refractivity contribution in [3.8, 4) is 0 Å². The molecule has 0 aliphatic rings. The number of carbonyl (C=O) groups excluding carboxylic acids is 1. The molecule has 1 heterocycles. The summed E-state index contributed by atoms with van der Waals surface area (Å²) in [5.41, 5.74) is 7.45. The van der Waals surface area contributed by atoms with E-state index in [1.54, 1.807) is 30.3 Å². The Labute approximate surface area is 156 Å². The van der Waals surface area contributed by atoms with Crippen LogP contribution in [0.5, 0.6) is 0 Å². The first-order valence-electron chi connectivity index (χ1n) is 8.53. The molecule has 0 aliphatic carbocycles. The summed E-state index contributed by atoms with van der Waals surface area (Å²) in [5, 5.41) is 2.82. The van der Waals surface area contributed by atoms with Crippen molar-refractivity contribution in [1.29, 1.82) is 0 Å². The van der Waals surface area contributed by atoms with E-state index in [0.717, 1.165) is 11.1 Å². The van der Waals surface area contributed by atoms with E-state index in [-0.39, 0.29) is 29.3 Å². The summed E-state index contributed by atoms with van der Waals surface area (Å²) in [6, 6.07) is 15.5. The second-order valence-corrected chi connectivity index (χ2v) is 6.18. The van der Waals surface area contributed by atoms with Gasteiger partial charge in [-0.25, -0.2) is 13.8 Å². The van der Waals surface area contributed by atoms with Gasteiger partial charge in [0, 0.05) is 24.2 Å². The van der Waals surface area contributed by atoms with E-state index in [9.17, 15) is 13.6 Å². The molecular formula is C21H19F2N3O. The third-order valence-electron chi connectivity index (χ3n) is 4.26. The largest absolute Gasteiger partial charge is 0.384 e. The lowest BCUT2D eigenvalue weighted by atomic mass is 9.88.